The van der Waals surface area contributed by atoms with Gasteiger partial charge < -0.3 is 9.88 Å². The van der Waals surface area contributed by atoms with Gasteiger partial charge in [0, 0.05) is 12.1 Å². The first-order chi connectivity index (χ1) is 13.9. The molecule has 9 nitrogen and oxygen atoms in total. The van der Waals surface area contributed by atoms with Gasteiger partial charge in [-0.25, -0.2) is 13.4 Å². The zero-order valence-corrected chi connectivity index (χ0v) is 16.7. The van der Waals surface area contributed by atoms with Crippen molar-refractivity contribution < 1.29 is 18.0 Å². The van der Waals surface area contributed by atoms with Crippen LogP contribution in [0, 0.1) is 0 Å². The number of benzene rings is 2. The predicted molar refractivity (Wildman–Crippen MR) is 107 cm³/mol. The van der Waals surface area contributed by atoms with Crippen molar-refractivity contribution in [1.82, 2.24) is 19.8 Å². The third-order valence-corrected chi connectivity index (χ3v) is 5.55. The number of sulfonamides is 1. The number of carbonyl (C=O) groups is 1. The van der Waals surface area contributed by atoms with Crippen molar-refractivity contribution in [3.63, 3.8) is 0 Å². The summed E-state index contributed by atoms with van der Waals surface area (Å²) in [6.45, 7) is 2.29. The van der Waals surface area contributed by atoms with E-state index in [0.717, 1.165) is 0 Å². The van der Waals surface area contributed by atoms with E-state index < -0.39 is 10.0 Å². The minimum absolute atomic E-state index is 0.0283. The molecule has 0 fully saturated rings. The summed E-state index contributed by atoms with van der Waals surface area (Å²) in [6.07, 6.45) is 0. The van der Waals surface area contributed by atoms with Gasteiger partial charge in [0.25, 0.3) is 21.5 Å². The first kappa shape index (κ1) is 20.6. The third-order valence-electron chi connectivity index (χ3n) is 4.28. The number of amides is 1. The largest absolute Gasteiger partial charge is 0.331 e. The Labute approximate surface area is 167 Å². The summed E-state index contributed by atoms with van der Waals surface area (Å²) < 4.78 is 23.8. The zero-order valence-electron chi connectivity index (χ0n) is 15.9. The maximum absolute atomic E-state index is 12.8. The quantitative estimate of drug-likeness (QED) is 0.562. The molecular formula is C19H20N4O5S. The number of nitrogens with one attached hydrogen (secondary N) is 2. The van der Waals surface area contributed by atoms with E-state index in [0.29, 0.717) is 28.8 Å². The van der Waals surface area contributed by atoms with Crippen LogP contribution in [-0.2, 0) is 21.4 Å². The summed E-state index contributed by atoms with van der Waals surface area (Å²) in [7, 11) is -2.61. The highest BCUT2D eigenvalue weighted by atomic mass is 32.2. The second-order valence-corrected chi connectivity index (χ2v) is 7.81. The van der Waals surface area contributed by atoms with Crippen molar-refractivity contribution >= 4 is 26.8 Å². The molecule has 0 spiro atoms. The van der Waals surface area contributed by atoms with Gasteiger partial charge in [0.2, 0.25) is 0 Å². The Morgan fingerprint density at radius 3 is 2.52 bits per heavy atom. The van der Waals surface area contributed by atoms with Gasteiger partial charge >= 0.3 is 0 Å². The molecule has 0 atom stereocenters. The fourth-order valence-corrected chi connectivity index (χ4v) is 3.64. The average molecular weight is 416 g/mol. The van der Waals surface area contributed by atoms with E-state index in [1.54, 1.807) is 31.2 Å². The first-order valence-corrected chi connectivity index (χ1v) is 10.3. The fourth-order valence-electron chi connectivity index (χ4n) is 2.83. The van der Waals surface area contributed by atoms with Crippen molar-refractivity contribution in [2.45, 2.75) is 18.4 Å². The second-order valence-electron chi connectivity index (χ2n) is 6.16. The average Bonchev–Trinajstić information content (AvgIpc) is 2.71. The minimum atomic E-state index is -3.80. The highest BCUT2D eigenvalue weighted by Crippen LogP contribution is 2.14. The van der Waals surface area contributed by atoms with Crippen LogP contribution in [0.25, 0.3) is 10.9 Å². The lowest BCUT2D eigenvalue weighted by Crippen LogP contribution is -2.32. The Balaban J connectivity index is 1.83. The van der Waals surface area contributed by atoms with Crippen molar-refractivity contribution in [3.05, 3.63) is 70.3 Å². The van der Waals surface area contributed by atoms with E-state index in [-0.39, 0.29) is 22.9 Å². The minimum Gasteiger partial charge on any atom is -0.331 e. The number of hydrogen-bond acceptors (Lipinski definition) is 6. The van der Waals surface area contributed by atoms with E-state index in [9.17, 15) is 18.0 Å². The van der Waals surface area contributed by atoms with Crippen molar-refractivity contribution in [3.8, 4) is 0 Å². The number of para-hydroxylation sites is 1. The van der Waals surface area contributed by atoms with Gasteiger partial charge in [-0.3, -0.25) is 14.4 Å². The molecule has 0 radical (unpaired) electrons. The molecule has 0 saturated heterocycles. The summed E-state index contributed by atoms with van der Waals surface area (Å²) in [5.41, 5.74) is 0.593. The Morgan fingerprint density at radius 2 is 1.86 bits per heavy atom. The molecule has 0 unspecified atom stereocenters. The lowest BCUT2D eigenvalue weighted by Gasteiger charge is -2.20. The lowest BCUT2D eigenvalue weighted by molar-refractivity contribution is 0.0748. The van der Waals surface area contributed by atoms with Gasteiger partial charge in [0.15, 0.2) is 0 Å². The Bertz CT molecular complexity index is 1190. The van der Waals surface area contributed by atoms with Gasteiger partial charge in [-0.15, -0.1) is 0 Å². The van der Waals surface area contributed by atoms with Gasteiger partial charge in [0.1, 0.15) is 5.82 Å². The first-order valence-electron chi connectivity index (χ1n) is 8.77. The topological polar surface area (TPSA) is 121 Å². The van der Waals surface area contributed by atoms with Crippen LogP contribution in [0.2, 0.25) is 0 Å². The molecule has 0 aliphatic rings. The van der Waals surface area contributed by atoms with Crippen LogP contribution in [0.15, 0.2) is 58.2 Å². The molecule has 152 valence electrons. The number of fused-ring (bicyclic) bond motifs is 1. The van der Waals surface area contributed by atoms with Crippen LogP contribution in [0.3, 0.4) is 0 Å². The van der Waals surface area contributed by atoms with E-state index in [4.69, 9.17) is 0 Å². The molecule has 0 aliphatic carbocycles. The van der Waals surface area contributed by atoms with Crippen LogP contribution in [-0.4, -0.2) is 42.8 Å². The fraction of sp³-hybridized carbons (Fsp3) is 0.211. The smallest absolute Gasteiger partial charge is 0.262 e. The van der Waals surface area contributed by atoms with Crippen LogP contribution in [0.1, 0.15) is 23.1 Å². The molecule has 10 heteroatoms. The number of hydrogen-bond donors (Lipinski definition) is 2. The summed E-state index contributed by atoms with van der Waals surface area (Å²) in [4.78, 5) is 40.0. The van der Waals surface area contributed by atoms with Crippen LogP contribution in [0.4, 0.5) is 0 Å². The number of H-pyrrole nitrogens is 1. The van der Waals surface area contributed by atoms with Crippen LogP contribution >= 0.6 is 0 Å². The molecule has 1 heterocycles. The number of aromatic amines is 1. The number of carbonyl (C=O) groups excluding carboxylic acids is 1. The molecule has 0 aliphatic heterocycles. The highest BCUT2D eigenvalue weighted by molar-refractivity contribution is 7.89. The monoisotopic (exact) mass is 416 g/mol. The summed E-state index contributed by atoms with van der Waals surface area (Å²) in [5, 5.41) is 0.479. The van der Waals surface area contributed by atoms with Gasteiger partial charge in [-0.05, 0) is 43.3 Å². The second kappa shape index (κ2) is 8.52. The van der Waals surface area contributed by atoms with Gasteiger partial charge in [-0.2, -0.15) is 0 Å². The normalized spacial score (nSPS) is 11.5. The standard InChI is InChI=1S/C19H20N4O5S/c1-3-23(12-17-20-16-7-5-4-6-15(16)18(24)21-17)19(25)13-8-10-14(11-9-13)29(26,27)22-28-2/h4-11,22H,3,12H2,1-2H3,(H,20,21,24). The molecule has 29 heavy (non-hydrogen) atoms. The maximum atomic E-state index is 12.8. The van der Waals surface area contributed by atoms with Gasteiger partial charge in [-0.1, -0.05) is 17.0 Å². The van der Waals surface area contributed by atoms with E-state index in [2.05, 4.69) is 14.8 Å². The van der Waals surface area contributed by atoms with Crippen molar-refractivity contribution in [2.75, 3.05) is 13.7 Å². The van der Waals surface area contributed by atoms with Gasteiger partial charge in [0.05, 0.1) is 29.5 Å². The molecular weight excluding hydrogens is 396 g/mol. The Morgan fingerprint density at radius 1 is 1.17 bits per heavy atom. The molecule has 0 saturated carbocycles. The molecule has 1 aromatic heterocycles. The molecule has 2 aromatic carbocycles. The number of nitrogens with zero attached hydrogens (tertiary/aromatic N) is 2. The highest BCUT2D eigenvalue weighted by Gasteiger charge is 2.18. The SMILES string of the molecule is CCN(Cc1nc2ccccc2c(=O)[nH]1)C(=O)c1ccc(S(=O)(=O)NOC)cc1. The van der Waals surface area contributed by atoms with Crippen molar-refractivity contribution in [2.24, 2.45) is 0 Å². The van der Waals surface area contributed by atoms with Crippen molar-refractivity contribution in [1.29, 1.82) is 0 Å². The molecule has 0 bridgehead atoms. The van der Waals surface area contributed by atoms with Crippen LogP contribution < -0.4 is 10.4 Å². The van der Waals surface area contributed by atoms with E-state index >= 15 is 0 Å². The third kappa shape index (κ3) is 4.50. The zero-order chi connectivity index (χ0) is 21.0. The maximum Gasteiger partial charge on any atom is 0.262 e. The van der Waals surface area contributed by atoms with E-state index in [1.165, 1.54) is 36.3 Å². The molecule has 2 N–H and O–H groups in total. The lowest BCUT2D eigenvalue weighted by atomic mass is 10.2. The Hall–Kier alpha value is -3.08. The van der Waals surface area contributed by atoms with Crippen LogP contribution in [0.5, 0.6) is 0 Å². The summed E-state index contributed by atoms with van der Waals surface area (Å²) in [6, 6.07) is 12.4. The Kier molecular flexibility index (Phi) is 6.06. The molecule has 3 aromatic rings. The number of rotatable bonds is 7. The summed E-state index contributed by atoms with van der Waals surface area (Å²) >= 11 is 0. The number of aromatic nitrogens is 2. The predicted octanol–water partition coefficient (Wildman–Crippen LogP) is 1.43. The van der Waals surface area contributed by atoms with E-state index in [1.807, 2.05) is 4.89 Å². The molecule has 1 amide bonds. The molecule has 3 rings (SSSR count). The summed E-state index contributed by atoms with van der Waals surface area (Å²) in [5.74, 6) is 0.0550.